The molecule has 1 unspecified atom stereocenters. The van der Waals surface area contributed by atoms with Gasteiger partial charge in [0.15, 0.2) is 0 Å². The highest BCUT2D eigenvalue weighted by atomic mass is 35.5. The van der Waals surface area contributed by atoms with Gasteiger partial charge in [-0.2, -0.15) is 0 Å². The number of hydrogen-bond acceptors (Lipinski definition) is 5. The number of aliphatic imine (C=N–C) groups is 1. The van der Waals surface area contributed by atoms with Gasteiger partial charge in [0, 0.05) is 36.5 Å². The van der Waals surface area contributed by atoms with Gasteiger partial charge in [-0.25, -0.2) is 0 Å². The Labute approximate surface area is 227 Å². The highest BCUT2D eigenvalue weighted by molar-refractivity contribution is 6.35. The van der Waals surface area contributed by atoms with Crippen molar-refractivity contribution < 1.29 is 19.1 Å². The zero-order valence-corrected chi connectivity index (χ0v) is 22.6. The third-order valence-corrected chi connectivity index (χ3v) is 8.83. The number of carbonyl (C=O) groups is 3. The minimum Gasteiger partial charge on any atom is -0.497 e. The van der Waals surface area contributed by atoms with Crippen molar-refractivity contribution in [2.45, 2.75) is 63.5 Å². The molecule has 2 saturated heterocycles. The number of aromatic nitrogens is 1. The number of rotatable bonds is 8. The third-order valence-electron chi connectivity index (χ3n) is 8.53. The number of benzene rings is 1. The summed E-state index contributed by atoms with van der Waals surface area (Å²) in [5.41, 5.74) is 1.00. The lowest BCUT2D eigenvalue weighted by Crippen LogP contribution is -2.50. The lowest BCUT2D eigenvalue weighted by Gasteiger charge is -2.32. The van der Waals surface area contributed by atoms with Gasteiger partial charge in [-0.15, -0.1) is 0 Å². The van der Waals surface area contributed by atoms with Gasteiger partial charge < -0.3 is 25.3 Å². The van der Waals surface area contributed by atoms with Gasteiger partial charge in [0.05, 0.1) is 24.2 Å². The molecule has 5 rings (SSSR count). The predicted molar refractivity (Wildman–Crippen MR) is 147 cm³/mol. The van der Waals surface area contributed by atoms with Crippen molar-refractivity contribution >= 4 is 46.9 Å². The molecular formula is C28H36ClN5O4. The molecule has 3 fully saturated rings. The first-order valence-electron chi connectivity index (χ1n) is 13.5. The van der Waals surface area contributed by atoms with Gasteiger partial charge in [0.1, 0.15) is 17.5 Å². The van der Waals surface area contributed by atoms with Crippen LogP contribution in [0.3, 0.4) is 0 Å². The average Bonchev–Trinajstić information content (AvgIpc) is 3.62. The van der Waals surface area contributed by atoms with Crippen LogP contribution in [0.2, 0.25) is 5.02 Å². The number of nitrogens with zero attached hydrogens (tertiary/aromatic N) is 2. The number of amides is 3. The number of carbonyl (C=O) groups excluding carboxylic acids is 3. The van der Waals surface area contributed by atoms with Crippen molar-refractivity contribution in [3.8, 4) is 5.75 Å². The predicted octanol–water partition coefficient (Wildman–Crippen LogP) is 3.71. The summed E-state index contributed by atoms with van der Waals surface area (Å²) in [5, 5.41) is 7.22. The molecule has 1 aliphatic carbocycles. The van der Waals surface area contributed by atoms with Crippen LogP contribution in [0, 0.1) is 11.3 Å². The van der Waals surface area contributed by atoms with E-state index in [0.29, 0.717) is 54.5 Å². The van der Waals surface area contributed by atoms with Crippen LogP contribution in [0.4, 0.5) is 0 Å². The Hall–Kier alpha value is -3.07. The van der Waals surface area contributed by atoms with Crippen LogP contribution in [0.1, 0.15) is 61.9 Å². The second-order valence-electron chi connectivity index (χ2n) is 11.1. The van der Waals surface area contributed by atoms with E-state index in [1.807, 2.05) is 6.07 Å². The lowest BCUT2D eigenvalue weighted by atomic mass is 9.72. The Kier molecular flexibility index (Phi) is 7.66. The van der Waals surface area contributed by atoms with Crippen LogP contribution >= 0.6 is 11.6 Å². The van der Waals surface area contributed by atoms with Crippen LogP contribution in [-0.4, -0.2) is 73.2 Å². The molecular weight excluding hydrogens is 506 g/mol. The maximum atomic E-state index is 13.9. The summed E-state index contributed by atoms with van der Waals surface area (Å²) in [5.74, 6) is 0.0661. The summed E-state index contributed by atoms with van der Waals surface area (Å²) in [6.07, 6.45) is 7.31. The van der Waals surface area contributed by atoms with E-state index in [1.165, 1.54) is 6.42 Å². The SMILES string of the molecule is C=NC[C@H](C[C@@H]1CCNC1=O)NC(=O)C1CC2(CCCCC2)CN1C(=O)c1cc2cc(OC)cc(Cl)c2[nH]1. The van der Waals surface area contributed by atoms with Gasteiger partial charge in [0.2, 0.25) is 11.8 Å². The first-order valence-corrected chi connectivity index (χ1v) is 13.9. The Morgan fingerprint density at radius 1 is 1.29 bits per heavy atom. The summed E-state index contributed by atoms with van der Waals surface area (Å²) in [6.45, 7) is 5.12. The number of ether oxygens (including phenoxy) is 1. The fourth-order valence-electron chi connectivity index (χ4n) is 6.58. The van der Waals surface area contributed by atoms with Crippen molar-refractivity contribution in [1.82, 2.24) is 20.5 Å². The number of H-pyrrole nitrogens is 1. The van der Waals surface area contributed by atoms with Gasteiger partial charge in [-0.1, -0.05) is 30.9 Å². The average molecular weight is 542 g/mol. The Bertz CT molecular complexity index is 1240. The molecule has 3 atom stereocenters. The maximum absolute atomic E-state index is 13.9. The van der Waals surface area contributed by atoms with E-state index in [0.717, 1.165) is 37.5 Å². The van der Waals surface area contributed by atoms with Gasteiger partial charge >= 0.3 is 0 Å². The number of hydrogen-bond donors (Lipinski definition) is 3. The number of nitrogens with one attached hydrogen (secondary N) is 3. The van der Waals surface area contributed by atoms with Crippen molar-refractivity contribution in [1.29, 1.82) is 0 Å². The molecule has 2 aliphatic heterocycles. The van der Waals surface area contributed by atoms with Gasteiger partial charge in [0.25, 0.3) is 5.91 Å². The van der Waals surface area contributed by atoms with E-state index >= 15 is 0 Å². The molecule has 0 radical (unpaired) electrons. The Morgan fingerprint density at radius 3 is 2.76 bits per heavy atom. The van der Waals surface area contributed by atoms with Crippen molar-refractivity contribution in [3.63, 3.8) is 0 Å². The van der Waals surface area contributed by atoms with Gasteiger partial charge in [-0.05, 0) is 56.4 Å². The number of methoxy groups -OCH3 is 1. The molecule has 1 aromatic heterocycles. The first-order chi connectivity index (χ1) is 18.3. The van der Waals surface area contributed by atoms with Crippen molar-refractivity contribution in [2.24, 2.45) is 16.3 Å². The summed E-state index contributed by atoms with van der Waals surface area (Å²) in [6, 6.07) is 4.40. The zero-order valence-electron chi connectivity index (χ0n) is 21.9. The van der Waals surface area contributed by atoms with E-state index in [4.69, 9.17) is 16.3 Å². The molecule has 3 aliphatic rings. The third kappa shape index (κ3) is 5.25. The quantitative estimate of drug-likeness (QED) is 0.442. The van der Waals surface area contributed by atoms with E-state index < -0.39 is 6.04 Å². The molecule has 9 nitrogen and oxygen atoms in total. The molecule has 3 amide bonds. The summed E-state index contributed by atoms with van der Waals surface area (Å²) >= 11 is 6.44. The fraction of sp³-hybridized carbons (Fsp3) is 0.571. The lowest BCUT2D eigenvalue weighted by molar-refractivity contribution is -0.127. The monoisotopic (exact) mass is 541 g/mol. The molecule has 1 spiro atoms. The summed E-state index contributed by atoms with van der Waals surface area (Å²) < 4.78 is 5.32. The zero-order chi connectivity index (χ0) is 26.9. The van der Waals surface area contributed by atoms with Crippen LogP contribution in [0.5, 0.6) is 5.75 Å². The molecule has 10 heteroatoms. The van der Waals surface area contributed by atoms with Crippen LogP contribution in [0.15, 0.2) is 23.2 Å². The largest absolute Gasteiger partial charge is 0.497 e. The van der Waals surface area contributed by atoms with Crippen molar-refractivity contribution in [3.05, 3.63) is 28.9 Å². The molecule has 1 saturated carbocycles. The fourth-order valence-corrected chi connectivity index (χ4v) is 6.84. The molecule has 1 aromatic carbocycles. The minimum absolute atomic E-state index is 0.0150. The maximum Gasteiger partial charge on any atom is 0.271 e. The van der Waals surface area contributed by atoms with Gasteiger partial charge in [-0.3, -0.25) is 19.4 Å². The minimum atomic E-state index is -0.596. The van der Waals surface area contributed by atoms with E-state index in [9.17, 15) is 14.4 Å². The van der Waals surface area contributed by atoms with E-state index in [-0.39, 0.29) is 35.1 Å². The van der Waals surface area contributed by atoms with E-state index in [1.54, 1.807) is 24.1 Å². The van der Waals surface area contributed by atoms with Crippen molar-refractivity contribution in [2.75, 3.05) is 26.7 Å². The molecule has 0 bridgehead atoms. The second-order valence-corrected chi connectivity index (χ2v) is 11.5. The molecule has 3 N–H and O–H groups in total. The smallest absolute Gasteiger partial charge is 0.271 e. The number of halogens is 1. The Balaban J connectivity index is 1.40. The van der Waals surface area contributed by atoms with Crippen LogP contribution < -0.4 is 15.4 Å². The molecule has 2 aromatic rings. The van der Waals surface area contributed by atoms with Crippen LogP contribution in [-0.2, 0) is 9.59 Å². The number of likely N-dealkylation sites (tertiary alicyclic amines) is 1. The number of fused-ring (bicyclic) bond motifs is 1. The highest BCUT2D eigenvalue weighted by Crippen LogP contribution is 2.47. The van der Waals surface area contributed by atoms with Crippen LogP contribution in [0.25, 0.3) is 10.9 Å². The van der Waals surface area contributed by atoms with E-state index in [2.05, 4.69) is 27.3 Å². The normalized spacial score (nSPS) is 23.4. The Morgan fingerprint density at radius 2 is 2.08 bits per heavy atom. The summed E-state index contributed by atoms with van der Waals surface area (Å²) in [4.78, 5) is 48.7. The standard InChI is InChI=1S/C28H36ClN5O4/c1-30-15-19(10-17-6-9-31-25(17)35)32-26(36)23-14-28(7-4-3-5-8-28)16-34(23)27(37)22-12-18-11-20(38-2)13-21(29)24(18)33-22/h11-13,17,19,23,33H,1,3-10,14-16H2,2H3,(H,31,35)(H,32,36)/t17-,19-,23?/m0/s1. The second kappa shape index (κ2) is 11.0. The first kappa shape index (κ1) is 26.5. The molecule has 38 heavy (non-hydrogen) atoms. The summed E-state index contributed by atoms with van der Waals surface area (Å²) in [7, 11) is 1.57. The topological polar surface area (TPSA) is 116 Å². The molecule has 3 heterocycles. The highest BCUT2D eigenvalue weighted by Gasteiger charge is 2.49. The molecule has 204 valence electrons. The number of aromatic amines is 1.